The summed E-state index contributed by atoms with van der Waals surface area (Å²) >= 11 is 1.73. The third-order valence-electron chi connectivity index (χ3n) is 8.14. The number of anilines is 1. The minimum atomic E-state index is 0.683. The van der Waals surface area contributed by atoms with Crippen molar-refractivity contribution in [1.29, 1.82) is 0 Å². The average molecular weight is 636 g/mol. The molecule has 2 aliphatic rings. The molecule has 9 heteroatoms. The Labute approximate surface area is 277 Å². The first kappa shape index (κ1) is 36.6. The number of rotatable bonds is 16. The number of ether oxygens (including phenoxy) is 1. The van der Waals surface area contributed by atoms with Crippen LogP contribution in [0.2, 0.25) is 0 Å². The van der Waals surface area contributed by atoms with E-state index in [-0.39, 0.29) is 0 Å². The molecular weight excluding hydrogens is 579 g/mol. The Morgan fingerprint density at radius 2 is 1.78 bits per heavy atom. The number of hydrogen-bond donors (Lipinski definition) is 1. The highest BCUT2D eigenvalue weighted by molar-refractivity contribution is 8.12. The Kier molecular flexibility index (Phi) is 17.1. The second-order valence-corrected chi connectivity index (χ2v) is 12.7. The molecule has 0 unspecified atom stereocenters. The third-order valence-corrected chi connectivity index (χ3v) is 8.91. The van der Waals surface area contributed by atoms with Gasteiger partial charge in [0.1, 0.15) is 12.5 Å². The molecule has 0 bridgehead atoms. The predicted molar refractivity (Wildman–Crippen MR) is 198 cm³/mol. The molecule has 0 spiro atoms. The van der Waals surface area contributed by atoms with E-state index in [1.807, 2.05) is 44.6 Å². The lowest BCUT2D eigenvalue weighted by Crippen LogP contribution is -2.33. The fraction of sp³-hybridized carbons (Fsp3) is 0.583. The zero-order chi connectivity index (χ0) is 32.3. The van der Waals surface area contributed by atoms with Gasteiger partial charge >= 0.3 is 0 Å². The molecule has 8 nitrogen and oxygen atoms in total. The van der Waals surface area contributed by atoms with E-state index in [0.717, 1.165) is 99.3 Å². The smallest absolute Gasteiger partial charge is 0.157 e. The first-order valence-corrected chi connectivity index (χ1v) is 17.9. The number of likely N-dealkylation sites (N-methyl/N-ethyl adjacent to an activating group) is 1. The summed E-state index contributed by atoms with van der Waals surface area (Å²) < 4.78 is 6.31. The number of nitrogens with one attached hydrogen (secondary N) is 1. The van der Waals surface area contributed by atoms with E-state index >= 15 is 0 Å². The monoisotopic (exact) mass is 635 g/mol. The van der Waals surface area contributed by atoms with Crippen LogP contribution in [0.3, 0.4) is 0 Å². The van der Waals surface area contributed by atoms with Crippen molar-refractivity contribution in [2.75, 3.05) is 78.2 Å². The van der Waals surface area contributed by atoms with Gasteiger partial charge in [0, 0.05) is 70.9 Å². The average Bonchev–Trinajstić information content (AvgIpc) is 3.25. The van der Waals surface area contributed by atoms with Gasteiger partial charge in [-0.3, -0.25) is 9.89 Å². The quantitative estimate of drug-likeness (QED) is 0.0701. The van der Waals surface area contributed by atoms with Gasteiger partial charge in [0.25, 0.3) is 0 Å². The minimum absolute atomic E-state index is 0.683. The van der Waals surface area contributed by atoms with Gasteiger partial charge in [0.05, 0.1) is 11.2 Å². The molecule has 2 aliphatic heterocycles. The second kappa shape index (κ2) is 21.0. The molecular formula is C36H57N7OS. The molecule has 1 fully saturated rings. The van der Waals surface area contributed by atoms with Crippen molar-refractivity contribution in [3.8, 4) is 5.75 Å². The Bertz CT molecular complexity index is 1210. The number of fused-ring (bicyclic) bond motifs is 1. The third kappa shape index (κ3) is 12.8. The van der Waals surface area contributed by atoms with Crippen LogP contribution in [0.4, 0.5) is 5.69 Å². The van der Waals surface area contributed by atoms with E-state index in [9.17, 15) is 0 Å². The van der Waals surface area contributed by atoms with Crippen LogP contribution in [0.15, 0.2) is 63.3 Å². The normalized spacial score (nSPS) is 17.8. The van der Waals surface area contributed by atoms with Crippen molar-refractivity contribution in [3.63, 3.8) is 0 Å². The van der Waals surface area contributed by atoms with Gasteiger partial charge in [-0.15, -0.1) is 16.9 Å². The van der Waals surface area contributed by atoms with Crippen molar-refractivity contribution < 1.29 is 4.74 Å². The maximum Gasteiger partial charge on any atom is 0.157 e. The molecule has 1 aromatic rings. The molecule has 0 radical (unpaired) electrons. The topological polar surface area (TPSA) is 68.1 Å². The summed E-state index contributed by atoms with van der Waals surface area (Å²) in [6.07, 6.45) is 18.4. The second-order valence-electron chi connectivity index (χ2n) is 11.7. The minimum Gasteiger partial charge on any atom is -0.476 e. The molecule has 0 aliphatic carbocycles. The number of hydrogen-bond acceptors (Lipinski definition) is 8. The zero-order valence-corrected chi connectivity index (χ0v) is 29.5. The fourth-order valence-electron chi connectivity index (χ4n) is 5.66. The first-order chi connectivity index (χ1) is 22.0. The molecule has 1 N–H and O–H groups in total. The summed E-state index contributed by atoms with van der Waals surface area (Å²) in [5.41, 5.74) is 7.97. The zero-order valence-electron chi connectivity index (χ0n) is 28.7. The molecule has 2 heterocycles. The molecule has 1 aromatic carbocycles. The molecule has 0 atom stereocenters. The van der Waals surface area contributed by atoms with Gasteiger partial charge in [0.15, 0.2) is 5.84 Å². The van der Waals surface area contributed by atoms with E-state index < -0.39 is 0 Å². The van der Waals surface area contributed by atoms with Crippen molar-refractivity contribution in [1.82, 2.24) is 14.7 Å². The van der Waals surface area contributed by atoms with Crippen LogP contribution in [0.25, 0.3) is 0 Å². The number of amidine groups is 1. The lowest BCUT2D eigenvalue weighted by molar-refractivity contribution is 0.107. The van der Waals surface area contributed by atoms with Crippen LogP contribution >= 0.6 is 11.8 Å². The summed E-state index contributed by atoms with van der Waals surface area (Å²) in [6, 6.07) is 4.61. The Morgan fingerprint density at radius 1 is 1.02 bits per heavy atom. The number of piperidine rings is 1. The van der Waals surface area contributed by atoms with Crippen molar-refractivity contribution in [3.05, 3.63) is 59.2 Å². The largest absolute Gasteiger partial charge is 0.476 e. The van der Waals surface area contributed by atoms with Crippen LogP contribution in [0.1, 0.15) is 64.0 Å². The maximum atomic E-state index is 6.31. The van der Waals surface area contributed by atoms with Gasteiger partial charge < -0.3 is 19.9 Å². The van der Waals surface area contributed by atoms with Crippen LogP contribution in [-0.4, -0.2) is 105 Å². The molecule has 248 valence electrons. The van der Waals surface area contributed by atoms with Gasteiger partial charge in [-0.2, -0.15) is 5.10 Å². The van der Waals surface area contributed by atoms with E-state index in [1.54, 1.807) is 11.8 Å². The standard InChI is InChI=1S/C36H57N7OS/c1-7-15-30(16-13-17-33(8-2)38-9-3)36(41(5)6)40-39-28-45-25-14-22-42-23-18-31-26-34(37-4)35(27-32(31)19-24-42)44-29-43-20-11-10-12-21-43/h7,13,15-17,26-28,37H,8-12,14,18-25,29H2,1-6H3/b15-7+,17-13-,30-16+,38-33?,39-28+,40-36-. The Hall–Kier alpha value is -2.88. The van der Waals surface area contributed by atoms with Crippen molar-refractivity contribution >= 4 is 34.5 Å². The summed E-state index contributed by atoms with van der Waals surface area (Å²) in [4.78, 5) is 11.6. The van der Waals surface area contributed by atoms with Gasteiger partial charge in [-0.25, -0.2) is 0 Å². The number of thioether (sulfide) groups is 1. The van der Waals surface area contributed by atoms with Crippen molar-refractivity contribution in [2.45, 2.75) is 65.7 Å². The Balaban J connectivity index is 1.48. The summed E-state index contributed by atoms with van der Waals surface area (Å²) in [7, 11) is 6.00. The number of nitrogens with zero attached hydrogens (tertiary/aromatic N) is 6. The number of benzene rings is 1. The molecule has 0 saturated carbocycles. The summed E-state index contributed by atoms with van der Waals surface area (Å²) in [5, 5.41) is 12.3. The fourth-order valence-corrected chi connectivity index (χ4v) is 6.18. The Morgan fingerprint density at radius 3 is 2.44 bits per heavy atom. The van der Waals surface area contributed by atoms with Gasteiger partial charge in [-0.05, 0) is 88.3 Å². The van der Waals surface area contributed by atoms with E-state index in [1.165, 1.54) is 30.4 Å². The SMILES string of the molecule is C/C=C/C(=C\C=C/C(CC)=NCC)C(=N/N=C/SCCCN1CCc2cc(NC)c(OCN3CCCCC3)cc2CC1)/N(C)C. The van der Waals surface area contributed by atoms with Crippen LogP contribution < -0.4 is 10.1 Å². The van der Waals surface area contributed by atoms with Crippen LogP contribution in [-0.2, 0) is 12.8 Å². The highest BCUT2D eigenvalue weighted by Crippen LogP contribution is 2.31. The van der Waals surface area contributed by atoms with E-state index in [4.69, 9.17) is 4.74 Å². The highest BCUT2D eigenvalue weighted by Gasteiger charge is 2.18. The number of allylic oxidation sites excluding steroid dienone is 4. The molecule has 0 amide bonds. The van der Waals surface area contributed by atoms with E-state index in [0.29, 0.717) is 6.73 Å². The van der Waals surface area contributed by atoms with Gasteiger partial charge in [-0.1, -0.05) is 37.6 Å². The van der Waals surface area contributed by atoms with Crippen LogP contribution in [0.5, 0.6) is 5.75 Å². The highest BCUT2D eigenvalue weighted by atomic mass is 32.2. The predicted octanol–water partition coefficient (Wildman–Crippen LogP) is 6.91. The summed E-state index contributed by atoms with van der Waals surface area (Å²) in [5.74, 6) is 2.84. The first-order valence-electron chi connectivity index (χ1n) is 16.8. The lowest BCUT2D eigenvalue weighted by Gasteiger charge is -2.27. The van der Waals surface area contributed by atoms with Gasteiger partial charge in [0.2, 0.25) is 0 Å². The number of aliphatic imine (C=N–C) groups is 1. The summed E-state index contributed by atoms with van der Waals surface area (Å²) in [6.45, 7) is 13.3. The molecule has 1 saturated heterocycles. The number of likely N-dealkylation sites (tertiary alicyclic amines) is 1. The molecule has 0 aromatic heterocycles. The molecule has 45 heavy (non-hydrogen) atoms. The lowest BCUT2D eigenvalue weighted by atomic mass is 10.0. The van der Waals surface area contributed by atoms with Crippen LogP contribution in [0, 0.1) is 0 Å². The molecule has 3 rings (SSSR count). The maximum absolute atomic E-state index is 6.31. The van der Waals surface area contributed by atoms with E-state index in [2.05, 4.69) is 80.6 Å². The van der Waals surface area contributed by atoms with Crippen molar-refractivity contribution in [2.24, 2.45) is 15.2 Å².